The minimum absolute atomic E-state index is 0.0838. The van der Waals surface area contributed by atoms with Crippen molar-refractivity contribution >= 4 is 40.7 Å². The Hall–Kier alpha value is -2.50. The van der Waals surface area contributed by atoms with Crippen LogP contribution < -0.4 is 10.5 Å². The van der Waals surface area contributed by atoms with E-state index in [0.717, 1.165) is 11.1 Å². The zero-order chi connectivity index (χ0) is 19.6. The predicted octanol–water partition coefficient (Wildman–Crippen LogP) is 4.04. The minimum atomic E-state index is -0.577. The number of nitrogens with two attached hydrogens (primary N) is 1. The standard InChI is InChI=1S/C20H17Cl2NO4/c1-2-26-20(25)13-8-11-4-3-5-15(21)18(11)14(13)10-27-17-7-6-12(19(23)24)9-16(17)22/h3-7,9H,2,8,10H2,1H3,(H2,23,24). The van der Waals surface area contributed by atoms with Gasteiger partial charge in [0.05, 0.1) is 11.6 Å². The Labute approximate surface area is 166 Å². The van der Waals surface area contributed by atoms with Crippen molar-refractivity contribution in [3.8, 4) is 5.75 Å². The molecule has 0 aliphatic heterocycles. The van der Waals surface area contributed by atoms with Crippen LogP contribution >= 0.6 is 23.2 Å². The van der Waals surface area contributed by atoms with E-state index in [1.165, 1.54) is 12.1 Å². The maximum atomic E-state index is 12.4. The maximum Gasteiger partial charge on any atom is 0.334 e. The zero-order valence-electron chi connectivity index (χ0n) is 14.6. The first-order chi connectivity index (χ1) is 12.9. The van der Waals surface area contributed by atoms with Gasteiger partial charge in [0.25, 0.3) is 0 Å². The van der Waals surface area contributed by atoms with E-state index in [0.29, 0.717) is 28.3 Å². The van der Waals surface area contributed by atoms with Crippen LogP contribution in [0.4, 0.5) is 0 Å². The first-order valence-corrected chi connectivity index (χ1v) is 9.07. The van der Waals surface area contributed by atoms with Gasteiger partial charge < -0.3 is 15.2 Å². The number of carbonyl (C=O) groups is 2. The SMILES string of the molecule is CCOC(=O)C1=C(COc2ccc(C(N)=O)cc2Cl)c2c(Cl)cccc2C1. The minimum Gasteiger partial charge on any atom is -0.487 e. The van der Waals surface area contributed by atoms with E-state index in [9.17, 15) is 9.59 Å². The van der Waals surface area contributed by atoms with E-state index in [-0.39, 0.29) is 23.8 Å². The third-order valence-electron chi connectivity index (χ3n) is 4.24. The molecule has 0 unspecified atom stereocenters. The fraction of sp³-hybridized carbons (Fsp3) is 0.200. The average molecular weight is 406 g/mol. The molecule has 140 valence electrons. The molecule has 1 aliphatic rings. The Morgan fingerprint density at radius 2 is 1.93 bits per heavy atom. The van der Waals surface area contributed by atoms with Gasteiger partial charge in [-0.1, -0.05) is 35.3 Å². The molecule has 0 aromatic heterocycles. The summed E-state index contributed by atoms with van der Waals surface area (Å²) in [5.41, 5.74) is 8.45. The number of hydrogen-bond donors (Lipinski definition) is 1. The fourth-order valence-electron chi connectivity index (χ4n) is 3.00. The van der Waals surface area contributed by atoms with Crippen LogP contribution in [-0.4, -0.2) is 25.1 Å². The van der Waals surface area contributed by atoms with Gasteiger partial charge in [0.15, 0.2) is 0 Å². The van der Waals surface area contributed by atoms with Crippen molar-refractivity contribution < 1.29 is 19.1 Å². The molecular formula is C20H17Cl2NO4. The number of hydrogen-bond acceptors (Lipinski definition) is 4. The summed E-state index contributed by atoms with van der Waals surface area (Å²) in [6, 6.07) is 10.1. The van der Waals surface area contributed by atoms with E-state index in [1.54, 1.807) is 19.1 Å². The molecule has 1 amide bonds. The normalized spacial score (nSPS) is 12.7. The third kappa shape index (κ3) is 3.94. The molecule has 27 heavy (non-hydrogen) atoms. The fourth-order valence-corrected chi connectivity index (χ4v) is 3.54. The Balaban J connectivity index is 1.92. The van der Waals surface area contributed by atoms with Crippen molar-refractivity contribution in [2.45, 2.75) is 13.3 Å². The van der Waals surface area contributed by atoms with Gasteiger partial charge in [-0.3, -0.25) is 4.79 Å². The summed E-state index contributed by atoms with van der Waals surface area (Å²) >= 11 is 12.5. The number of amides is 1. The van der Waals surface area contributed by atoms with E-state index in [1.807, 2.05) is 12.1 Å². The summed E-state index contributed by atoms with van der Waals surface area (Å²) in [6.07, 6.45) is 0.432. The molecule has 3 rings (SSSR count). The first kappa shape index (κ1) is 19.3. The van der Waals surface area contributed by atoms with Crippen molar-refractivity contribution in [2.24, 2.45) is 5.73 Å². The number of ether oxygens (including phenoxy) is 2. The second-order valence-electron chi connectivity index (χ2n) is 5.93. The molecule has 0 atom stereocenters. The highest BCUT2D eigenvalue weighted by Crippen LogP contribution is 2.39. The number of carbonyl (C=O) groups excluding carboxylic acids is 2. The molecule has 5 nitrogen and oxygen atoms in total. The van der Waals surface area contributed by atoms with Gasteiger partial charge >= 0.3 is 5.97 Å². The van der Waals surface area contributed by atoms with E-state index < -0.39 is 11.9 Å². The van der Waals surface area contributed by atoms with Gasteiger partial charge in [-0.2, -0.15) is 0 Å². The molecule has 0 radical (unpaired) electrons. The second kappa shape index (κ2) is 8.03. The topological polar surface area (TPSA) is 78.6 Å². The number of primary amides is 1. The quantitative estimate of drug-likeness (QED) is 0.735. The summed E-state index contributed by atoms with van der Waals surface area (Å²) in [5, 5.41) is 0.794. The van der Waals surface area contributed by atoms with Crippen molar-refractivity contribution in [1.29, 1.82) is 0 Å². The molecule has 0 spiro atoms. The van der Waals surface area contributed by atoms with Gasteiger partial charge in [-0.15, -0.1) is 0 Å². The summed E-state index contributed by atoms with van der Waals surface area (Å²) in [7, 11) is 0. The van der Waals surface area contributed by atoms with Gasteiger partial charge in [-0.05, 0) is 36.8 Å². The van der Waals surface area contributed by atoms with Crippen molar-refractivity contribution in [3.63, 3.8) is 0 Å². The number of esters is 1. The van der Waals surface area contributed by atoms with Crippen LogP contribution in [0.1, 0.15) is 28.4 Å². The third-order valence-corrected chi connectivity index (χ3v) is 4.85. The molecular weight excluding hydrogens is 389 g/mol. The van der Waals surface area contributed by atoms with E-state index >= 15 is 0 Å². The molecule has 0 fully saturated rings. The summed E-state index contributed by atoms with van der Waals surface area (Å²) < 4.78 is 11.0. The lowest BCUT2D eigenvalue weighted by atomic mass is 10.1. The molecule has 0 heterocycles. The molecule has 1 aliphatic carbocycles. The smallest absolute Gasteiger partial charge is 0.334 e. The first-order valence-electron chi connectivity index (χ1n) is 8.31. The predicted molar refractivity (Wildman–Crippen MR) is 104 cm³/mol. The lowest BCUT2D eigenvalue weighted by molar-refractivity contribution is -0.138. The monoisotopic (exact) mass is 405 g/mol. The Bertz CT molecular complexity index is 953. The zero-order valence-corrected chi connectivity index (χ0v) is 16.1. The number of rotatable bonds is 6. The molecule has 0 bridgehead atoms. The highest BCUT2D eigenvalue weighted by molar-refractivity contribution is 6.33. The molecule has 7 heteroatoms. The van der Waals surface area contributed by atoms with E-state index in [4.69, 9.17) is 38.4 Å². The van der Waals surface area contributed by atoms with Gasteiger partial charge in [0.2, 0.25) is 5.91 Å². The molecule has 2 aromatic carbocycles. The lowest BCUT2D eigenvalue weighted by Crippen LogP contribution is -2.12. The Morgan fingerprint density at radius 1 is 1.15 bits per heavy atom. The Morgan fingerprint density at radius 3 is 2.59 bits per heavy atom. The van der Waals surface area contributed by atoms with E-state index in [2.05, 4.69) is 0 Å². The lowest BCUT2D eigenvalue weighted by Gasteiger charge is -2.13. The van der Waals surface area contributed by atoms with Crippen LogP contribution in [0.5, 0.6) is 5.75 Å². The van der Waals surface area contributed by atoms with Gasteiger partial charge in [0.1, 0.15) is 12.4 Å². The summed E-state index contributed by atoms with van der Waals surface area (Å²) in [4.78, 5) is 23.6. The van der Waals surface area contributed by atoms with Crippen LogP contribution in [-0.2, 0) is 16.0 Å². The highest BCUT2D eigenvalue weighted by Gasteiger charge is 2.29. The van der Waals surface area contributed by atoms with Crippen molar-refractivity contribution in [1.82, 2.24) is 0 Å². The molecule has 2 aromatic rings. The number of benzene rings is 2. The highest BCUT2D eigenvalue weighted by atomic mass is 35.5. The van der Waals surface area contributed by atoms with Gasteiger partial charge in [-0.25, -0.2) is 4.79 Å². The largest absolute Gasteiger partial charge is 0.487 e. The summed E-state index contributed by atoms with van der Waals surface area (Å²) in [6.45, 7) is 2.12. The number of fused-ring (bicyclic) bond motifs is 1. The second-order valence-corrected chi connectivity index (χ2v) is 6.74. The van der Waals surface area contributed by atoms with Crippen LogP contribution in [0.2, 0.25) is 10.0 Å². The van der Waals surface area contributed by atoms with Crippen LogP contribution in [0.15, 0.2) is 42.0 Å². The summed E-state index contributed by atoms with van der Waals surface area (Å²) in [5.74, 6) is -0.594. The maximum absolute atomic E-state index is 12.4. The van der Waals surface area contributed by atoms with Crippen molar-refractivity contribution in [3.05, 3.63) is 68.7 Å². The molecule has 2 N–H and O–H groups in total. The average Bonchev–Trinajstić information content (AvgIpc) is 3.01. The number of halogens is 2. The van der Waals surface area contributed by atoms with Crippen LogP contribution in [0, 0.1) is 0 Å². The van der Waals surface area contributed by atoms with Crippen LogP contribution in [0.3, 0.4) is 0 Å². The Kier molecular flexibility index (Phi) is 5.73. The molecule has 0 saturated heterocycles. The van der Waals surface area contributed by atoms with Crippen molar-refractivity contribution in [2.75, 3.05) is 13.2 Å². The van der Waals surface area contributed by atoms with Crippen LogP contribution in [0.25, 0.3) is 5.57 Å². The van der Waals surface area contributed by atoms with Gasteiger partial charge in [0, 0.05) is 33.7 Å². The molecule has 0 saturated carbocycles.